The predicted octanol–water partition coefficient (Wildman–Crippen LogP) is 5.80. The van der Waals surface area contributed by atoms with Gasteiger partial charge in [-0.3, -0.25) is 14.6 Å². The summed E-state index contributed by atoms with van der Waals surface area (Å²) in [4.78, 5) is 28.5. The van der Waals surface area contributed by atoms with Crippen LogP contribution in [0.3, 0.4) is 0 Å². The molecule has 1 aromatic heterocycles. The first-order chi connectivity index (χ1) is 19.2. The van der Waals surface area contributed by atoms with E-state index in [9.17, 15) is 22.8 Å². The van der Waals surface area contributed by atoms with Crippen LogP contribution in [0.4, 0.5) is 23.2 Å². The van der Waals surface area contributed by atoms with E-state index in [2.05, 4.69) is 64.8 Å². The lowest BCUT2D eigenvalue weighted by molar-refractivity contribution is -0.274. The van der Waals surface area contributed by atoms with Gasteiger partial charge in [-0.05, 0) is 49.2 Å². The number of ether oxygens (including phenoxy) is 3. The first kappa shape index (κ1) is 30.2. The number of rotatable bonds is 8. The van der Waals surface area contributed by atoms with Crippen LogP contribution in [0.2, 0.25) is 0 Å². The van der Waals surface area contributed by atoms with Gasteiger partial charge < -0.3 is 25.3 Å². The minimum atomic E-state index is -5.01. The second-order valence-electron chi connectivity index (χ2n) is 8.56. The van der Waals surface area contributed by atoms with Gasteiger partial charge in [0.25, 0.3) is 11.8 Å². The number of primary amides is 1. The molecule has 15 heteroatoms. The Morgan fingerprint density at radius 3 is 2.37 bits per heavy atom. The lowest BCUT2D eigenvalue weighted by Crippen LogP contribution is -2.18. The smallest absolute Gasteiger partial charge is 0.455 e. The van der Waals surface area contributed by atoms with Crippen LogP contribution < -0.4 is 25.3 Å². The molecule has 1 aliphatic carbocycles. The predicted molar refractivity (Wildman–Crippen MR) is 150 cm³/mol. The number of carbonyl (C=O) groups excluding carboxylic acids is 2. The fourth-order valence-electron chi connectivity index (χ4n) is 3.32. The Balaban J connectivity index is 1.76. The zero-order valence-electron chi connectivity index (χ0n) is 20.5. The molecule has 1 aliphatic rings. The lowest BCUT2D eigenvalue weighted by atomic mass is 10.1. The van der Waals surface area contributed by atoms with Crippen molar-refractivity contribution < 1.29 is 41.4 Å². The van der Waals surface area contributed by atoms with Gasteiger partial charge in [-0.2, -0.15) is 0 Å². The Hall–Kier alpha value is -3.74. The van der Waals surface area contributed by atoms with Crippen molar-refractivity contribution in [2.75, 3.05) is 5.32 Å². The number of hydrogen-bond donors (Lipinski definition) is 5. The minimum Gasteiger partial charge on any atom is -0.455 e. The molecule has 1 saturated carbocycles. The van der Waals surface area contributed by atoms with Crippen molar-refractivity contribution in [1.29, 1.82) is 0 Å². The van der Waals surface area contributed by atoms with Crippen molar-refractivity contribution in [2.24, 2.45) is 11.7 Å². The highest BCUT2D eigenvalue weighted by atomic mass is 32.2. The summed E-state index contributed by atoms with van der Waals surface area (Å²) >= 11 is 12.0. The molecule has 214 valence electrons. The van der Waals surface area contributed by atoms with E-state index < -0.39 is 38.9 Å². The number of hydrogen-bond acceptors (Lipinski definition) is 9. The van der Waals surface area contributed by atoms with Gasteiger partial charge in [-0.1, -0.05) is 11.8 Å². The quantitative estimate of drug-likeness (QED) is 0.0936. The summed E-state index contributed by atoms with van der Waals surface area (Å²) in [7, 11) is 0. The number of alkyl halides is 3. The van der Waals surface area contributed by atoms with E-state index in [0.29, 0.717) is 0 Å². The summed E-state index contributed by atoms with van der Waals surface area (Å²) in [5.41, 5.74) is 4.73. The molecule has 0 radical (unpaired) electrons. The molecular formula is C26H19F4N3O5S3. The molecule has 41 heavy (non-hydrogen) atoms. The highest BCUT2D eigenvalue weighted by molar-refractivity contribution is 8.16. The van der Waals surface area contributed by atoms with Crippen molar-refractivity contribution in [3.63, 3.8) is 0 Å². The van der Waals surface area contributed by atoms with Crippen molar-refractivity contribution in [2.45, 2.75) is 22.8 Å². The number of anilines is 1. The fourth-order valence-corrected chi connectivity index (χ4v) is 3.61. The van der Waals surface area contributed by atoms with E-state index in [1.807, 2.05) is 0 Å². The first-order valence-corrected chi connectivity index (χ1v) is 12.9. The number of halogens is 4. The number of carbonyl (C=O) groups is 2. The first-order valence-electron chi connectivity index (χ1n) is 11.5. The number of pyridine rings is 1. The Morgan fingerprint density at radius 1 is 1.00 bits per heavy atom. The molecule has 0 spiro atoms. The van der Waals surface area contributed by atoms with Crippen LogP contribution in [-0.4, -0.2) is 26.8 Å². The molecule has 1 fully saturated rings. The van der Waals surface area contributed by atoms with Gasteiger partial charge in [-0.25, -0.2) is 4.39 Å². The number of nitrogens with one attached hydrogen (secondary N) is 1. The van der Waals surface area contributed by atoms with Crippen molar-refractivity contribution in [3.05, 3.63) is 71.3 Å². The van der Waals surface area contributed by atoms with E-state index in [4.69, 9.17) is 15.2 Å². The molecule has 0 unspecified atom stereocenters. The van der Waals surface area contributed by atoms with Gasteiger partial charge >= 0.3 is 6.36 Å². The number of nitrogens with two attached hydrogens (primary N) is 1. The van der Waals surface area contributed by atoms with Crippen LogP contribution >= 0.6 is 37.9 Å². The van der Waals surface area contributed by atoms with Crippen LogP contribution in [0.15, 0.2) is 48.7 Å². The molecule has 1 heterocycles. The summed E-state index contributed by atoms with van der Waals surface area (Å²) in [6, 6.07) is 7.64. The Kier molecular flexibility index (Phi) is 8.86. The molecule has 4 rings (SSSR count). The summed E-state index contributed by atoms with van der Waals surface area (Å²) < 4.78 is 67.2. The average Bonchev–Trinajstić information content (AvgIpc) is 3.67. The van der Waals surface area contributed by atoms with Gasteiger partial charge in [0.05, 0.1) is 0 Å². The number of benzene rings is 2. The average molecular weight is 626 g/mol. The topological polar surface area (TPSA) is 113 Å². The highest BCUT2D eigenvalue weighted by Crippen LogP contribution is 2.42. The third-order valence-corrected chi connectivity index (χ3v) is 5.44. The zero-order chi connectivity index (χ0) is 29.9. The van der Waals surface area contributed by atoms with Gasteiger partial charge in [-0.15, -0.1) is 51.1 Å². The fraction of sp³-hybridized carbons (Fsp3) is 0.192. The van der Waals surface area contributed by atoms with E-state index in [-0.39, 0.29) is 40.1 Å². The zero-order valence-corrected chi connectivity index (χ0v) is 23.2. The third kappa shape index (κ3) is 8.87. The van der Waals surface area contributed by atoms with E-state index in [0.717, 1.165) is 37.1 Å². The molecular weight excluding hydrogens is 606 g/mol. The van der Waals surface area contributed by atoms with Crippen molar-refractivity contribution in [3.8, 4) is 34.8 Å². The second-order valence-corrected chi connectivity index (χ2v) is 11.5. The Labute approximate surface area is 247 Å². The van der Waals surface area contributed by atoms with Crippen LogP contribution in [0.5, 0.6) is 23.0 Å². The standard InChI is InChI=1S/C26H19F4N3O5S3/c27-17-9-14(4-3-13-1-2-13)10-21(22(17)24(35)33-15-7-8-32-18(11-15)23(31)34)36-19-6-5-16(37-25(28,29)30)12-20(19)38-26(39,40)41/h5-13,39-41H,1-2H2,(H2,31,34)(H,32,33,35). The number of nitrogens with zero attached hydrogens (tertiary/aromatic N) is 1. The van der Waals surface area contributed by atoms with Crippen LogP contribution in [-0.2, 0) is 0 Å². The van der Waals surface area contributed by atoms with E-state index in [1.54, 1.807) is 0 Å². The largest absolute Gasteiger partial charge is 0.573 e. The molecule has 8 nitrogen and oxygen atoms in total. The Bertz CT molecular complexity index is 1560. The molecule has 0 atom stereocenters. The molecule has 3 aromatic rings. The third-order valence-electron chi connectivity index (χ3n) is 5.16. The molecule has 2 amide bonds. The van der Waals surface area contributed by atoms with Gasteiger partial charge in [0, 0.05) is 29.4 Å². The molecule has 0 aliphatic heterocycles. The van der Waals surface area contributed by atoms with Crippen molar-refractivity contribution in [1.82, 2.24) is 4.98 Å². The number of amides is 2. The maximum atomic E-state index is 15.4. The maximum Gasteiger partial charge on any atom is 0.573 e. The second kappa shape index (κ2) is 12.0. The number of thiol groups is 3. The van der Waals surface area contributed by atoms with Gasteiger partial charge in [0.1, 0.15) is 28.6 Å². The molecule has 2 aromatic carbocycles. The maximum absolute atomic E-state index is 15.4. The summed E-state index contributed by atoms with van der Waals surface area (Å²) in [5.74, 6) is 1.43. The normalized spacial score (nSPS) is 13.0. The minimum absolute atomic E-state index is 0.0735. The van der Waals surface area contributed by atoms with Crippen LogP contribution in [0.1, 0.15) is 39.3 Å². The van der Waals surface area contributed by atoms with Crippen LogP contribution in [0, 0.1) is 23.6 Å². The van der Waals surface area contributed by atoms with Gasteiger partial charge in [0.15, 0.2) is 11.5 Å². The van der Waals surface area contributed by atoms with Crippen molar-refractivity contribution >= 4 is 55.4 Å². The monoisotopic (exact) mass is 625 g/mol. The molecule has 3 N–H and O–H groups in total. The number of aromatic nitrogens is 1. The Morgan fingerprint density at radius 2 is 1.73 bits per heavy atom. The summed E-state index contributed by atoms with van der Waals surface area (Å²) in [6.45, 7) is 0. The summed E-state index contributed by atoms with van der Waals surface area (Å²) in [5, 5.41) is 2.43. The molecule has 0 saturated heterocycles. The van der Waals surface area contributed by atoms with Gasteiger partial charge in [0.2, 0.25) is 3.60 Å². The van der Waals surface area contributed by atoms with Crippen LogP contribution in [0.25, 0.3) is 0 Å². The molecule has 0 bridgehead atoms. The summed E-state index contributed by atoms with van der Waals surface area (Å²) in [6.07, 6.45) is -1.98. The van der Waals surface area contributed by atoms with E-state index >= 15 is 4.39 Å². The lowest BCUT2D eigenvalue weighted by Gasteiger charge is -2.22. The van der Waals surface area contributed by atoms with E-state index in [1.165, 1.54) is 24.4 Å². The highest BCUT2D eigenvalue weighted by Gasteiger charge is 2.32. The SMILES string of the molecule is NC(=O)c1cc(NC(=O)c2c(F)cc(C#CC3CC3)cc2Oc2ccc(OC(F)(F)F)cc2OC(S)(S)S)ccn1.